The third kappa shape index (κ3) is 3.86. The highest BCUT2D eigenvalue weighted by Crippen LogP contribution is 2.47. The molecule has 4 heteroatoms. The van der Waals surface area contributed by atoms with Gasteiger partial charge in [0.1, 0.15) is 0 Å². The monoisotopic (exact) mass is 370 g/mol. The van der Waals surface area contributed by atoms with Crippen molar-refractivity contribution < 1.29 is 4.52 Å². The zero-order chi connectivity index (χ0) is 18.1. The minimum absolute atomic E-state index is 0.305. The van der Waals surface area contributed by atoms with E-state index in [0.717, 1.165) is 41.3 Å². The lowest BCUT2D eigenvalue weighted by molar-refractivity contribution is 0.0538. The number of nitrogens with one attached hydrogen (secondary N) is 1. The molecule has 2 aliphatic carbocycles. The van der Waals surface area contributed by atoms with Gasteiger partial charge in [-0.25, -0.2) is 0 Å². The summed E-state index contributed by atoms with van der Waals surface area (Å²) in [4.78, 5) is 1.27. The van der Waals surface area contributed by atoms with E-state index in [4.69, 9.17) is 4.52 Å². The number of aromatic nitrogens is 1. The highest BCUT2D eigenvalue weighted by molar-refractivity contribution is 7.98. The molecule has 0 spiro atoms. The minimum Gasteiger partial charge on any atom is -0.356 e. The molecular weight excluding hydrogens is 340 g/mol. The van der Waals surface area contributed by atoms with Crippen LogP contribution in [0.15, 0.2) is 39.8 Å². The fourth-order valence-electron chi connectivity index (χ4n) is 5.49. The van der Waals surface area contributed by atoms with Crippen LogP contribution in [0.3, 0.4) is 0 Å². The maximum atomic E-state index is 5.61. The molecule has 1 aromatic carbocycles. The van der Waals surface area contributed by atoms with Gasteiger partial charge in [0.15, 0.2) is 5.76 Å². The second-order valence-electron chi connectivity index (χ2n) is 8.71. The molecule has 2 fully saturated rings. The second kappa shape index (κ2) is 7.40. The van der Waals surface area contributed by atoms with E-state index in [1.54, 1.807) is 11.8 Å². The molecule has 2 saturated carbocycles. The van der Waals surface area contributed by atoms with E-state index in [0.29, 0.717) is 5.54 Å². The van der Waals surface area contributed by atoms with Gasteiger partial charge in [-0.2, -0.15) is 0 Å². The molecule has 4 rings (SSSR count). The van der Waals surface area contributed by atoms with Crippen molar-refractivity contribution in [2.75, 3.05) is 6.26 Å². The van der Waals surface area contributed by atoms with Crippen molar-refractivity contribution in [1.29, 1.82) is 0 Å². The summed E-state index contributed by atoms with van der Waals surface area (Å²) < 4.78 is 5.61. The molecular formula is C22H30N2OS. The largest absolute Gasteiger partial charge is 0.356 e. The maximum Gasteiger partial charge on any atom is 0.167 e. The molecule has 2 atom stereocenters. The number of rotatable bonds is 5. The van der Waals surface area contributed by atoms with Crippen LogP contribution in [0.25, 0.3) is 11.3 Å². The Balaban J connectivity index is 1.44. The first-order chi connectivity index (χ1) is 12.5. The lowest BCUT2D eigenvalue weighted by Gasteiger charge is -2.50. The Morgan fingerprint density at radius 3 is 2.46 bits per heavy atom. The Labute approximate surface area is 161 Å². The molecule has 2 aliphatic rings. The van der Waals surface area contributed by atoms with Gasteiger partial charge in [-0.05, 0) is 68.2 Å². The van der Waals surface area contributed by atoms with Crippen LogP contribution >= 0.6 is 11.8 Å². The predicted octanol–water partition coefficient (Wildman–Crippen LogP) is 5.76. The van der Waals surface area contributed by atoms with E-state index >= 15 is 0 Å². The summed E-state index contributed by atoms with van der Waals surface area (Å²) in [6.45, 7) is 5.65. The van der Waals surface area contributed by atoms with Gasteiger partial charge in [0, 0.05) is 28.6 Å². The standard InChI is InChI=1S/C22H30N2OS/c1-15-8-17-9-16(2)12-22(11-15,13-17)23-14-19-10-21(25-24-19)18-4-6-20(26-3)7-5-18/h4-7,10,15-17,23H,8-9,11-14H2,1-3H3. The van der Waals surface area contributed by atoms with Gasteiger partial charge in [-0.15, -0.1) is 11.8 Å². The van der Waals surface area contributed by atoms with Crippen molar-refractivity contribution >= 4 is 11.8 Å². The normalized spacial score (nSPS) is 31.1. The van der Waals surface area contributed by atoms with Gasteiger partial charge < -0.3 is 9.84 Å². The van der Waals surface area contributed by atoms with Crippen molar-refractivity contribution in [2.24, 2.45) is 17.8 Å². The number of thioether (sulfide) groups is 1. The van der Waals surface area contributed by atoms with Gasteiger partial charge in [-0.3, -0.25) is 0 Å². The predicted molar refractivity (Wildman–Crippen MR) is 108 cm³/mol. The molecule has 0 saturated heterocycles. The number of nitrogens with zero attached hydrogens (tertiary/aromatic N) is 1. The van der Waals surface area contributed by atoms with Gasteiger partial charge in [0.05, 0.1) is 5.69 Å². The lowest BCUT2D eigenvalue weighted by atomic mass is 9.61. The SMILES string of the molecule is CSc1ccc(-c2cc(CNC34CC(C)CC(CC(C)C3)C4)no2)cc1. The number of hydrogen-bond acceptors (Lipinski definition) is 4. The van der Waals surface area contributed by atoms with Crippen molar-refractivity contribution in [3.63, 3.8) is 0 Å². The molecule has 1 aromatic heterocycles. The Bertz CT molecular complexity index is 719. The van der Waals surface area contributed by atoms with E-state index in [2.05, 4.69) is 60.9 Å². The summed E-state index contributed by atoms with van der Waals surface area (Å²) in [6.07, 6.45) is 8.85. The first kappa shape index (κ1) is 18.1. The second-order valence-corrected chi connectivity index (χ2v) is 9.58. The molecule has 0 aliphatic heterocycles. The molecule has 3 nitrogen and oxygen atoms in total. The van der Waals surface area contributed by atoms with Crippen LogP contribution in [0.1, 0.15) is 51.6 Å². The van der Waals surface area contributed by atoms with Crippen LogP contribution < -0.4 is 5.32 Å². The van der Waals surface area contributed by atoms with Gasteiger partial charge >= 0.3 is 0 Å². The van der Waals surface area contributed by atoms with E-state index < -0.39 is 0 Å². The highest BCUT2D eigenvalue weighted by atomic mass is 32.2. The van der Waals surface area contributed by atoms with Crippen molar-refractivity contribution in [1.82, 2.24) is 10.5 Å². The Morgan fingerprint density at radius 2 is 1.81 bits per heavy atom. The Morgan fingerprint density at radius 1 is 1.12 bits per heavy atom. The average molecular weight is 371 g/mol. The summed E-state index contributed by atoms with van der Waals surface area (Å²) in [5, 5.41) is 8.22. The van der Waals surface area contributed by atoms with Crippen LogP contribution in [0, 0.1) is 17.8 Å². The van der Waals surface area contributed by atoms with Crippen molar-refractivity contribution in [3.8, 4) is 11.3 Å². The summed E-state index contributed by atoms with van der Waals surface area (Å²) in [6, 6.07) is 10.6. The van der Waals surface area contributed by atoms with E-state index in [1.807, 2.05) is 0 Å². The zero-order valence-electron chi connectivity index (χ0n) is 16.1. The van der Waals surface area contributed by atoms with Crippen LogP contribution in [-0.4, -0.2) is 17.0 Å². The third-order valence-electron chi connectivity index (χ3n) is 6.21. The molecule has 2 bridgehead atoms. The fraction of sp³-hybridized carbons (Fsp3) is 0.591. The molecule has 2 unspecified atom stereocenters. The molecule has 26 heavy (non-hydrogen) atoms. The van der Waals surface area contributed by atoms with E-state index in [1.165, 1.54) is 37.0 Å². The molecule has 0 amide bonds. The average Bonchev–Trinajstić information content (AvgIpc) is 3.08. The number of benzene rings is 1. The molecule has 1 N–H and O–H groups in total. The third-order valence-corrected chi connectivity index (χ3v) is 6.95. The smallest absolute Gasteiger partial charge is 0.167 e. The van der Waals surface area contributed by atoms with Crippen LogP contribution in [0.4, 0.5) is 0 Å². The Hall–Kier alpha value is -1.26. The van der Waals surface area contributed by atoms with Crippen LogP contribution in [0.5, 0.6) is 0 Å². The molecule has 1 heterocycles. The van der Waals surface area contributed by atoms with E-state index in [9.17, 15) is 0 Å². The molecule has 0 radical (unpaired) electrons. The van der Waals surface area contributed by atoms with Gasteiger partial charge in [-0.1, -0.05) is 31.1 Å². The molecule has 140 valence electrons. The lowest BCUT2D eigenvalue weighted by Crippen LogP contribution is -2.54. The van der Waals surface area contributed by atoms with Crippen LogP contribution in [-0.2, 0) is 6.54 Å². The Kier molecular flexibility index (Phi) is 5.15. The first-order valence-corrected chi connectivity index (χ1v) is 11.1. The zero-order valence-corrected chi connectivity index (χ0v) is 16.9. The fourth-order valence-corrected chi connectivity index (χ4v) is 5.89. The summed E-state index contributed by atoms with van der Waals surface area (Å²) in [5.41, 5.74) is 2.41. The quantitative estimate of drug-likeness (QED) is 0.679. The minimum atomic E-state index is 0.305. The summed E-state index contributed by atoms with van der Waals surface area (Å²) >= 11 is 1.75. The molecule has 2 aromatic rings. The summed E-state index contributed by atoms with van der Waals surface area (Å²) in [7, 11) is 0. The van der Waals surface area contributed by atoms with Gasteiger partial charge in [0.25, 0.3) is 0 Å². The topological polar surface area (TPSA) is 38.1 Å². The van der Waals surface area contributed by atoms with Crippen molar-refractivity contribution in [3.05, 3.63) is 36.0 Å². The van der Waals surface area contributed by atoms with Crippen LogP contribution in [0.2, 0.25) is 0 Å². The maximum absolute atomic E-state index is 5.61. The number of fused-ring (bicyclic) bond motifs is 2. The van der Waals surface area contributed by atoms with E-state index in [-0.39, 0.29) is 0 Å². The number of hydrogen-bond donors (Lipinski definition) is 1. The highest BCUT2D eigenvalue weighted by Gasteiger charge is 2.43. The summed E-state index contributed by atoms with van der Waals surface area (Å²) in [5.74, 6) is 3.42. The first-order valence-electron chi connectivity index (χ1n) is 9.90. The van der Waals surface area contributed by atoms with Crippen molar-refractivity contribution in [2.45, 2.75) is 62.9 Å². The van der Waals surface area contributed by atoms with Gasteiger partial charge in [0.2, 0.25) is 0 Å².